The second kappa shape index (κ2) is 12.3. The summed E-state index contributed by atoms with van der Waals surface area (Å²) in [5, 5.41) is 30.5. The van der Waals surface area contributed by atoms with Gasteiger partial charge in [0.05, 0.1) is 28.3 Å². The van der Waals surface area contributed by atoms with Gasteiger partial charge in [-0.3, -0.25) is 9.10 Å². The number of fused-ring (bicyclic) bond motifs is 2. The van der Waals surface area contributed by atoms with E-state index in [2.05, 4.69) is 0 Å². The molecule has 3 atom stereocenters. The van der Waals surface area contributed by atoms with Crippen molar-refractivity contribution in [3.63, 3.8) is 0 Å². The Morgan fingerprint density at radius 3 is 2.22 bits per heavy atom. The molecule has 0 saturated carbocycles. The minimum Gasteiger partial charge on any atom is -0.485 e. The molecule has 49 heavy (non-hydrogen) atoms. The average Bonchev–Trinajstić information content (AvgIpc) is 3.01. The number of aryl methyl sites for hydroxylation is 1. The van der Waals surface area contributed by atoms with Crippen molar-refractivity contribution in [2.24, 2.45) is 0 Å². The van der Waals surface area contributed by atoms with Crippen LogP contribution < -0.4 is 9.04 Å². The van der Waals surface area contributed by atoms with E-state index in [1.54, 1.807) is 13.8 Å². The molecule has 0 spiro atoms. The highest BCUT2D eigenvalue weighted by atomic mass is 32.2. The molecule has 5 rings (SSSR count). The van der Waals surface area contributed by atoms with Gasteiger partial charge in [0.25, 0.3) is 15.6 Å². The van der Waals surface area contributed by atoms with E-state index < -0.39 is 80.1 Å². The predicted molar refractivity (Wildman–Crippen MR) is 159 cm³/mol. The number of ether oxygens (including phenoxy) is 1. The lowest BCUT2D eigenvalue weighted by molar-refractivity contribution is -0.376. The number of ketones is 1. The molecular weight excluding hydrogens is 685 g/mol. The number of halogens is 7. The van der Waals surface area contributed by atoms with Crippen LogP contribution in [0.15, 0.2) is 65.6 Å². The largest absolute Gasteiger partial charge is 0.485 e. The molecule has 8 nitrogen and oxygen atoms in total. The summed E-state index contributed by atoms with van der Waals surface area (Å²) in [6, 6.07) is 10.2. The Hall–Kier alpha value is -4.20. The zero-order valence-corrected chi connectivity index (χ0v) is 26.6. The fourth-order valence-electron chi connectivity index (χ4n) is 6.39. The predicted octanol–water partition coefficient (Wildman–Crippen LogP) is 6.18. The number of hydrogen-bond donors (Lipinski definition) is 2. The standard InChI is InChI=1S/C33H29F7N2O6S/c1-30(2)29(44)26(25-13-18(17-41)3-12-28(25)48-30)16-23(43)15-22-8-4-19-14-20(31(45,32(35,36)37)33(38,39)40)5-11-27(19)42(22)49(46,47)24-9-6-21(34)7-10-24/h3,5-7,9-14,22,26,29,44-45H,4,8,15-16H2,1-2H3/t22-,26+,29-/m0/s1. The van der Waals surface area contributed by atoms with Crippen LogP contribution in [0.4, 0.5) is 36.4 Å². The van der Waals surface area contributed by atoms with Gasteiger partial charge in [0, 0.05) is 29.9 Å². The molecule has 3 aromatic carbocycles. The summed E-state index contributed by atoms with van der Waals surface area (Å²) in [4.78, 5) is 13.2. The van der Waals surface area contributed by atoms with Gasteiger partial charge in [-0.1, -0.05) is 12.1 Å². The number of anilines is 1. The van der Waals surface area contributed by atoms with E-state index in [0.29, 0.717) is 33.8 Å². The van der Waals surface area contributed by atoms with Crippen molar-refractivity contribution in [1.29, 1.82) is 5.26 Å². The summed E-state index contributed by atoms with van der Waals surface area (Å²) in [6.45, 7) is 3.19. The van der Waals surface area contributed by atoms with Gasteiger partial charge in [0.15, 0.2) is 0 Å². The molecule has 0 amide bonds. The van der Waals surface area contributed by atoms with Crippen LogP contribution in [0.2, 0.25) is 0 Å². The average molecular weight is 715 g/mol. The molecular formula is C33H29F7N2O6S. The summed E-state index contributed by atoms with van der Waals surface area (Å²) < 4.78 is 130. The zero-order chi connectivity index (χ0) is 36.3. The molecule has 0 radical (unpaired) electrons. The van der Waals surface area contributed by atoms with Crippen molar-refractivity contribution in [2.45, 2.75) is 86.0 Å². The number of carbonyl (C=O) groups excluding carboxylic acids is 1. The summed E-state index contributed by atoms with van der Waals surface area (Å²) >= 11 is 0. The molecule has 2 aliphatic rings. The molecule has 0 unspecified atom stereocenters. The fraction of sp³-hybridized carbons (Fsp3) is 0.394. The summed E-state index contributed by atoms with van der Waals surface area (Å²) in [6.07, 6.45) is -15.0. The number of sulfonamides is 1. The number of nitrogens with zero attached hydrogens (tertiary/aromatic N) is 2. The molecule has 2 N–H and O–H groups in total. The van der Waals surface area contributed by atoms with Gasteiger partial charge in [-0.15, -0.1) is 0 Å². The van der Waals surface area contributed by atoms with Gasteiger partial charge >= 0.3 is 12.4 Å². The first-order valence-corrected chi connectivity index (χ1v) is 16.3. The maximum absolute atomic E-state index is 14.0. The number of aliphatic hydroxyl groups excluding tert-OH is 1. The molecule has 0 aromatic heterocycles. The smallest absolute Gasteiger partial charge is 0.430 e. The Balaban J connectivity index is 1.55. The Bertz CT molecular complexity index is 1910. The van der Waals surface area contributed by atoms with Gasteiger partial charge in [-0.25, -0.2) is 12.8 Å². The normalized spacial score (nSPS) is 20.9. The van der Waals surface area contributed by atoms with Crippen LogP contribution in [0.3, 0.4) is 0 Å². The highest BCUT2D eigenvalue weighted by molar-refractivity contribution is 7.92. The summed E-state index contributed by atoms with van der Waals surface area (Å²) in [5.74, 6) is -1.90. The Morgan fingerprint density at radius 2 is 1.63 bits per heavy atom. The van der Waals surface area contributed by atoms with E-state index in [-0.39, 0.29) is 36.1 Å². The van der Waals surface area contributed by atoms with Crippen molar-refractivity contribution < 1.29 is 58.9 Å². The van der Waals surface area contributed by atoms with E-state index in [0.717, 1.165) is 24.3 Å². The molecule has 262 valence electrons. The Morgan fingerprint density at radius 1 is 1.00 bits per heavy atom. The molecule has 0 fully saturated rings. The van der Waals surface area contributed by atoms with E-state index in [4.69, 9.17) is 4.74 Å². The van der Waals surface area contributed by atoms with E-state index in [1.807, 2.05) is 6.07 Å². The number of rotatable bonds is 7. The Labute approximate surface area is 276 Å². The minimum atomic E-state index is -6.18. The summed E-state index contributed by atoms with van der Waals surface area (Å²) in [7, 11) is -4.71. The van der Waals surface area contributed by atoms with Crippen LogP contribution in [-0.2, 0) is 26.8 Å². The molecule has 0 saturated heterocycles. The lowest BCUT2D eigenvalue weighted by Crippen LogP contribution is -2.54. The molecule has 0 aliphatic carbocycles. The van der Waals surface area contributed by atoms with Crippen LogP contribution in [0.25, 0.3) is 0 Å². The van der Waals surface area contributed by atoms with E-state index >= 15 is 0 Å². The summed E-state index contributed by atoms with van der Waals surface area (Å²) in [5.41, 5.74) is -8.01. The van der Waals surface area contributed by atoms with Crippen LogP contribution in [0.1, 0.15) is 61.3 Å². The third-order valence-electron chi connectivity index (χ3n) is 8.92. The monoisotopic (exact) mass is 714 g/mol. The van der Waals surface area contributed by atoms with Crippen LogP contribution >= 0.6 is 0 Å². The van der Waals surface area contributed by atoms with Crippen LogP contribution in [0, 0.1) is 17.1 Å². The SMILES string of the molecule is CC1(C)Oc2ccc(C#N)cc2[C@@H](CC(=O)C[C@@H]2CCc3cc(C(O)(C(F)(F)F)C(F)(F)F)ccc3N2S(=O)(=O)c2ccc(F)cc2)[C@@H]1O. The van der Waals surface area contributed by atoms with Crippen molar-refractivity contribution in [3.8, 4) is 11.8 Å². The van der Waals surface area contributed by atoms with Crippen molar-refractivity contribution >= 4 is 21.5 Å². The first kappa shape index (κ1) is 36.1. The van der Waals surface area contributed by atoms with Crippen molar-refractivity contribution in [2.75, 3.05) is 4.31 Å². The fourth-order valence-corrected chi connectivity index (χ4v) is 8.11. The first-order chi connectivity index (χ1) is 22.6. The maximum atomic E-state index is 14.0. The lowest BCUT2D eigenvalue weighted by atomic mass is 9.77. The van der Waals surface area contributed by atoms with E-state index in [9.17, 15) is 59.4 Å². The van der Waals surface area contributed by atoms with Gasteiger partial charge in [-0.2, -0.15) is 31.6 Å². The van der Waals surface area contributed by atoms with Gasteiger partial charge in [0.1, 0.15) is 29.1 Å². The van der Waals surface area contributed by atoms with Gasteiger partial charge in [-0.05, 0) is 80.8 Å². The highest BCUT2D eigenvalue weighted by Crippen LogP contribution is 2.51. The first-order valence-electron chi connectivity index (χ1n) is 14.8. The topological polar surface area (TPSA) is 128 Å². The zero-order valence-electron chi connectivity index (χ0n) is 25.8. The molecule has 2 aliphatic heterocycles. The maximum Gasteiger partial charge on any atom is 0.430 e. The highest BCUT2D eigenvalue weighted by Gasteiger charge is 2.71. The number of aliphatic hydroxyl groups is 2. The van der Waals surface area contributed by atoms with E-state index in [1.165, 1.54) is 18.2 Å². The Kier molecular flexibility index (Phi) is 9.05. The number of hydrogen-bond acceptors (Lipinski definition) is 7. The quantitative estimate of drug-likeness (QED) is 0.280. The van der Waals surface area contributed by atoms with Gasteiger partial charge in [0.2, 0.25) is 0 Å². The number of nitriles is 1. The lowest BCUT2D eigenvalue weighted by Gasteiger charge is -2.42. The van der Waals surface area contributed by atoms with Gasteiger partial charge < -0.3 is 14.9 Å². The van der Waals surface area contributed by atoms with Crippen molar-refractivity contribution in [3.05, 3.63) is 88.7 Å². The molecule has 16 heteroatoms. The second-order valence-electron chi connectivity index (χ2n) is 12.6. The van der Waals surface area contributed by atoms with Crippen LogP contribution in [-0.4, -0.2) is 54.5 Å². The third kappa shape index (κ3) is 6.35. The molecule has 2 heterocycles. The third-order valence-corrected chi connectivity index (χ3v) is 10.8. The molecule has 3 aromatic rings. The number of Topliss-reactive ketones (excluding diaryl/α,β-unsaturated/α-hetero) is 1. The number of carbonyl (C=O) groups is 1. The number of alkyl halides is 6. The molecule has 0 bridgehead atoms. The second-order valence-corrected chi connectivity index (χ2v) is 14.4. The minimum absolute atomic E-state index is 0.231. The van der Waals surface area contributed by atoms with Crippen LogP contribution in [0.5, 0.6) is 5.75 Å². The number of benzene rings is 3. The van der Waals surface area contributed by atoms with Crippen molar-refractivity contribution in [1.82, 2.24) is 0 Å².